The third kappa shape index (κ3) is 8.72. The molecule has 0 saturated heterocycles. The van der Waals surface area contributed by atoms with Crippen molar-refractivity contribution in [3.8, 4) is 33.4 Å². The summed E-state index contributed by atoms with van der Waals surface area (Å²) in [4.78, 5) is 5.46. The molecule has 0 heterocycles. The number of rotatable bonds is 12. The summed E-state index contributed by atoms with van der Waals surface area (Å²) < 4.78 is 0. The lowest BCUT2D eigenvalue weighted by Crippen LogP contribution is -2.48. The van der Waals surface area contributed by atoms with Gasteiger partial charge in [0, 0.05) is 38.6 Å². The minimum Gasteiger partial charge on any atom is -0.333 e. The molecular formula is C82H74N2. The molecule has 0 N–H and O–H groups in total. The number of anilines is 5. The molecule has 0 aliphatic heterocycles. The van der Waals surface area contributed by atoms with Crippen molar-refractivity contribution in [2.45, 2.75) is 100 Å². The van der Waals surface area contributed by atoms with Crippen molar-refractivity contribution in [2.24, 2.45) is 35.5 Å². The van der Waals surface area contributed by atoms with E-state index in [1.165, 1.54) is 172 Å². The number of nitrogens with zero attached hydrogens (tertiary/aromatic N) is 2. The van der Waals surface area contributed by atoms with Crippen LogP contribution in [0.1, 0.15) is 100 Å². The fraction of sp³-hybridized carbons (Fsp3) is 0.268. The van der Waals surface area contributed by atoms with E-state index in [9.17, 15) is 0 Å². The zero-order valence-electron chi connectivity index (χ0n) is 48.3. The van der Waals surface area contributed by atoms with Crippen molar-refractivity contribution in [1.29, 1.82) is 0 Å². The molecule has 0 spiro atoms. The molecule has 9 aliphatic carbocycles. The second-order valence-corrected chi connectivity index (χ2v) is 27.2. The van der Waals surface area contributed by atoms with Crippen LogP contribution in [0, 0.1) is 35.5 Å². The van der Waals surface area contributed by atoms with E-state index >= 15 is 0 Å². The van der Waals surface area contributed by atoms with Gasteiger partial charge in [-0.1, -0.05) is 200 Å². The maximum absolute atomic E-state index is 2.79. The summed E-state index contributed by atoms with van der Waals surface area (Å²) >= 11 is 0. The van der Waals surface area contributed by atoms with E-state index in [-0.39, 0.29) is 16.9 Å². The number of allylic oxidation sites excluding steroid dienone is 2. The first kappa shape index (κ1) is 50.3. The SMILES string of the molecule is C1=CC(N(c2ccc(-c3ccccc3)cc2)c2c3ccc(C45CC6CC(CC(C6)C4)C5)cc3c(N(c3ccc(-c4ccccc4)cc3)c3ccc(-c4ccccc4)cc3)c3ccc(C45CC6CC(CC(C6)C4)C5)cc23)CC=C1c1ccccc1. The molecule has 412 valence electrons. The topological polar surface area (TPSA) is 6.48 Å². The Balaban J connectivity index is 0.950. The van der Waals surface area contributed by atoms with Gasteiger partial charge in [0.2, 0.25) is 0 Å². The lowest BCUT2D eigenvalue weighted by molar-refractivity contribution is -0.00525. The number of hydrogen-bond acceptors (Lipinski definition) is 2. The van der Waals surface area contributed by atoms with Crippen LogP contribution in [0.25, 0.3) is 60.5 Å². The minimum absolute atomic E-state index is 0.0653. The van der Waals surface area contributed by atoms with Crippen LogP contribution in [0.3, 0.4) is 0 Å². The highest BCUT2D eigenvalue weighted by Crippen LogP contribution is 2.64. The first-order valence-electron chi connectivity index (χ1n) is 32.0. The van der Waals surface area contributed by atoms with Gasteiger partial charge in [0.25, 0.3) is 0 Å². The van der Waals surface area contributed by atoms with E-state index in [1.54, 1.807) is 11.1 Å². The smallest absolute Gasteiger partial charge is 0.0620 e. The van der Waals surface area contributed by atoms with Crippen LogP contribution < -0.4 is 9.80 Å². The highest BCUT2D eigenvalue weighted by Gasteiger charge is 2.53. The van der Waals surface area contributed by atoms with Crippen LogP contribution >= 0.6 is 0 Å². The standard InChI is InChI=1S/C82H74N2/c1-5-13-61(14-6-1)65-21-31-71(32-22-65)83(72-33-23-66(24-34-72)62-15-7-2-8-16-62)79-75-39-29-70(82-52-58-44-59(53-82)46-60(45-58)54-82)48-78(75)80(76-40-30-69(47-77(76)79)81-49-55-41-56(50-81)43-57(42-55)51-81)84(73-35-25-67(26-36-73)63-17-9-3-10-18-63)74-37-27-68(28-38-74)64-19-11-4-12-20-64/h1-37,39-40,47-48,55-60,74H,38,41-46,49-54H2. The van der Waals surface area contributed by atoms with Gasteiger partial charge in [0.15, 0.2) is 0 Å². The molecule has 8 saturated carbocycles. The Labute approximate surface area is 497 Å². The van der Waals surface area contributed by atoms with E-state index < -0.39 is 0 Å². The maximum Gasteiger partial charge on any atom is 0.0620 e. The molecule has 0 aromatic heterocycles. The third-order valence-electron chi connectivity index (χ3n) is 22.1. The molecule has 10 aromatic carbocycles. The molecule has 0 radical (unpaired) electrons. The first-order valence-corrected chi connectivity index (χ1v) is 32.0. The van der Waals surface area contributed by atoms with E-state index in [4.69, 9.17) is 0 Å². The molecule has 10 aromatic rings. The first-order chi connectivity index (χ1) is 41.4. The van der Waals surface area contributed by atoms with Crippen LogP contribution in [0.2, 0.25) is 0 Å². The molecule has 8 bridgehead atoms. The van der Waals surface area contributed by atoms with Crippen LogP contribution in [-0.2, 0) is 10.8 Å². The fourth-order valence-electron chi connectivity index (χ4n) is 19.1. The van der Waals surface area contributed by atoms with Gasteiger partial charge in [-0.2, -0.15) is 0 Å². The minimum atomic E-state index is 0.0653. The van der Waals surface area contributed by atoms with E-state index in [0.29, 0.717) is 0 Å². The van der Waals surface area contributed by atoms with Gasteiger partial charge in [0.1, 0.15) is 0 Å². The summed E-state index contributed by atoms with van der Waals surface area (Å²) in [5.41, 5.74) is 19.7. The summed E-state index contributed by atoms with van der Waals surface area (Å²) in [6, 6.07) is 88.6. The van der Waals surface area contributed by atoms with Crippen molar-refractivity contribution in [3.63, 3.8) is 0 Å². The van der Waals surface area contributed by atoms with Gasteiger partial charge in [0.05, 0.1) is 17.4 Å². The van der Waals surface area contributed by atoms with Gasteiger partial charge in [-0.25, -0.2) is 0 Å². The predicted molar refractivity (Wildman–Crippen MR) is 353 cm³/mol. The van der Waals surface area contributed by atoms with Crippen LogP contribution in [0.4, 0.5) is 28.4 Å². The normalized spacial score (nSPS) is 26.2. The highest BCUT2D eigenvalue weighted by molar-refractivity contribution is 6.23. The Kier molecular flexibility index (Phi) is 12.1. The second kappa shape index (κ2) is 20.3. The van der Waals surface area contributed by atoms with Gasteiger partial charge < -0.3 is 9.80 Å². The predicted octanol–water partition coefficient (Wildman–Crippen LogP) is 21.9. The van der Waals surface area contributed by atoms with Crippen molar-refractivity contribution in [3.05, 3.63) is 265 Å². The molecule has 1 unspecified atom stereocenters. The Morgan fingerprint density at radius 3 is 1.04 bits per heavy atom. The summed E-state index contributed by atoms with van der Waals surface area (Å²) in [6.07, 6.45) is 24.9. The van der Waals surface area contributed by atoms with Crippen molar-refractivity contribution in [2.75, 3.05) is 9.80 Å². The van der Waals surface area contributed by atoms with Crippen molar-refractivity contribution in [1.82, 2.24) is 0 Å². The molecule has 1 atom stereocenters. The Hall–Kier alpha value is -8.20. The molecule has 2 heteroatoms. The zero-order chi connectivity index (χ0) is 55.3. The van der Waals surface area contributed by atoms with E-state index in [2.05, 4.69) is 259 Å². The van der Waals surface area contributed by atoms with E-state index in [1.807, 2.05) is 0 Å². The Morgan fingerprint density at radius 2 is 0.655 bits per heavy atom. The molecule has 19 rings (SSSR count). The summed E-state index contributed by atoms with van der Waals surface area (Å²) in [7, 11) is 0. The summed E-state index contributed by atoms with van der Waals surface area (Å²) in [5.74, 6) is 5.04. The van der Waals surface area contributed by atoms with Gasteiger partial charge in [-0.05, 0) is 234 Å². The molecule has 84 heavy (non-hydrogen) atoms. The fourth-order valence-corrected chi connectivity index (χ4v) is 19.1. The number of fused-ring (bicyclic) bond motifs is 2. The monoisotopic (exact) mass is 1090 g/mol. The Morgan fingerprint density at radius 1 is 0.310 bits per heavy atom. The third-order valence-corrected chi connectivity index (χ3v) is 22.1. The lowest BCUT2D eigenvalue weighted by atomic mass is 9.48. The summed E-state index contributed by atoms with van der Waals surface area (Å²) in [6.45, 7) is 0. The van der Waals surface area contributed by atoms with Crippen LogP contribution in [0.5, 0.6) is 0 Å². The molecule has 0 amide bonds. The molecule has 2 nitrogen and oxygen atoms in total. The largest absolute Gasteiger partial charge is 0.333 e. The number of hydrogen-bond donors (Lipinski definition) is 0. The van der Waals surface area contributed by atoms with Crippen molar-refractivity contribution < 1.29 is 0 Å². The average Bonchev–Trinajstić information content (AvgIpc) is 1.97. The van der Waals surface area contributed by atoms with Gasteiger partial charge >= 0.3 is 0 Å². The lowest BCUT2D eigenvalue weighted by Gasteiger charge is -2.57. The average molecular weight is 1090 g/mol. The van der Waals surface area contributed by atoms with Gasteiger partial charge in [-0.15, -0.1) is 0 Å². The van der Waals surface area contributed by atoms with Crippen LogP contribution in [-0.4, -0.2) is 6.04 Å². The summed E-state index contributed by atoms with van der Waals surface area (Å²) in [5, 5.41) is 5.36. The highest BCUT2D eigenvalue weighted by atomic mass is 15.2. The molecular weight excluding hydrogens is 1010 g/mol. The Bertz CT molecular complexity index is 3980. The second-order valence-electron chi connectivity index (χ2n) is 27.2. The number of benzene rings is 10. The quantitative estimate of drug-likeness (QED) is 0.0889. The maximum atomic E-state index is 2.79. The molecule has 9 aliphatic rings. The van der Waals surface area contributed by atoms with Crippen LogP contribution in [0.15, 0.2) is 249 Å². The van der Waals surface area contributed by atoms with E-state index in [0.717, 1.165) is 41.9 Å². The zero-order valence-corrected chi connectivity index (χ0v) is 48.3. The molecule has 8 fully saturated rings. The van der Waals surface area contributed by atoms with Gasteiger partial charge in [-0.3, -0.25) is 0 Å². The van der Waals surface area contributed by atoms with Crippen molar-refractivity contribution >= 4 is 55.6 Å².